The number of hydrogen-bond donors (Lipinski definition) is 1. The predicted octanol–water partition coefficient (Wildman–Crippen LogP) is 4.84. The van der Waals surface area contributed by atoms with Crippen molar-refractivity contribution in [3.63, 3.8) is 0 Å². The van der Waals surface area contributed by atoms with Crippen LogP contribution in [-0.2, 0) is 4.79 Å². The summed E-state index contributed by atoms with van der Waals surface area (Å²) in [7, 11) is 0. The van der Waals surface area contributed by atoms with Crippen LogP contribution in [0.5, 0.6) is 5.75 Å². The Hall–Kier alpha value is -2.82. The fourth-order valence-corrected chi connectivity index (χ4v) is 3.47. The van der Waals surface area contributed by atoms with Gasteiger partial charge in [0.25, 0.3) is 11.8 Å². The fourth-order valence-electron chi connectivity index (χ4n) is 3.47. The van der Waals surface area contributed by atoms with Crippen LogP contribution in [0.2, 0.25) is 0 Å². The number of amides is 2. The maximum absolute atomic E-state index is 12.9. The zero-order valence-electron chi connectivity index (χ0n) is 17.5. The van der Waals surface area contributed by atoms with Crippen LogP contribution >= 0.6 is 0 Å². The van der Waals surface area contributed by atoms with E-state index in [-0.39, 0.29) is 11.8 Å². The molecular formula is C24H30N2O3. The van der Waals surface area contributed by atoms with Crippen molar-refractivity contribution < 1.29 is 14.3 Å². The van der Waals surface area contributed by atoms with Crippen molar-refractivity contribution in [3.8, 4) is 5.75 Å². The van der Waals surface area contributed by atoms with Crippen molar-refractivity contribution in [1.29, 1.82) is 0 Å². The van der Waals surface area contributed by atoms with Gasteiger partial charge in [-0.15, -0.1) is 0 Å². The number of carbonyl (C=O) groups is 2. The smallest absolute Gasteiger partial charge is 0.265 e. The number of carbonyl (C=O) groups excluding carboxylic acids is 2. The van der Waals surface area contributed by atoms with E-state index in [0.29, 0.717) is 22.9 Å². The molecule has 29 heavy (non-hydrogen) atoms. The summed E-state index contributed by atoms with van der Waals surface area (Å²) in [5.41, 5.74) is 2.27. The maximum atomic E-state index is 12.9. The zero-order chi connectivity index (χ0) is 20.8. The molecule has 0 unspecified atom stereocenters. The van der Waals surface area contributed by atoms with E-state index in [9.17, 15) is 9.59 Å². The number of anilines is 1. The average molecular weight is 395 g/mol. The highest BCUT2D eigenvalue weighted by Crippen LogP contribution is 2.22. The molecule has 1 aliphatic heterocycles. The normalized spacial score (nSPS) is 15.1. The number of benzene rings is 2. The van der Waals surface area contributed by atoms with Gasteiger partial charge in [0.15, 0.2) is 6.10 Å². The number of piperidine rings is 1. The van der Waals surface area contributed by atoms with E-state index >= 15 is 0 Å². The fraction of sp³-hybridized carbons (Fsp3) is 0.417. The van der Waals surface area contributed by atoms with Gasteiger partial charge >= 0.3 is 0 Å². The summed E-state index contributed by atoms with van der Waals surface area (Å²) in [6.07, 6.45) is 2.54. The third-order valence-corrected chi connectivity index (χ3v) is 5.29. The Morgan fingerprint density at radius 3 is 2.24 bits per heavy atom. The topological polar surface area (TPSA) is 58.6 Å². The summed E-state index contributed by atoms with van der Waals surface area (Å²) in [4.78, 5) is 27.4. The van der Waals surface area contributed by atoms with Gasteiger partial charge in [-0.2, -0.15) is 0 Å². The van der Waals surface area contributed by atoms with E-state index in [2.05, 4.69) is 19.2 Å². The minimum atomic E-state index is -0.682. The third-order valence-electron chi connectivity index (χ3n) is 5.29. The Bertz CT molecular complexity index is 839. The van der Waals surface area contributed by atoms with Crippen LogP contribution in [0, 0.1) is 0 Å². The lowest BCUT2D eigenvalue weighted by atomic mass is 10.0. The Kier molecular flexibility index (Phi) is 6.91. The summed E-state index contributed by atoms with van der Waals surface area (Å²) in [6.45, 7) is 7.52. The Balaban J connectivity index is 1.66. The second-order valence-electron chi connectivity index (χ2n) is 7.87. The number of likely N-dealkylation sites (tertiary alicyclic amines) is 1. The highest BCUT2D eigenvalue weighted by Gasteiger charge is 2.23. The number of nitrogens with zero attached hydrogens (tertiary/aromatic N) is 1. The van der Waals surface area contributed by atoms with E-state index in [0.717, 1.165) is 32.4 Å². The highest BCUT2D eigenvalue weighted by atomic mass is 16.5. The van der Waals surface area contributed by atoms with Gasteiger partial charge in [0.1, 0.15) is 5.75 Å². The van der Waals surface area contributed by atoms with Gasteiger partial charge in [0.2, 0.25) is 0 Å². The molecule has 1 aliphatic rings. The molecule has 2 aromatic rings. The first kappa shape index (κ1) is 20.9. The molecule has 3 rings (SSSR count). The van der Waals surface area contributed by atoms with Gasteiger partial charge < -0.3 is 15.0 Å². The lowest BCUT2D eigenvalue weighted by molar-refractivity contribution is -0.122. The minimum Gasteiger partial charge on any atom is -0.481 e. The summed E-state index contributed by atoms with van der Waals surface area (Å²) >= 11 is 0. The second kappa shape index (κ2) is 9.59. The zero-order valence-corrected chi connectivity index (χ0v) is 17.5. The van der Waals surface area contributed by atoms with Crippen LogP contribution in [0.25, 0.3) is 0 Å². The summed E-state index contributed by atoms with van der Waals surface area (Å²) in [5, 5.41) is 2.87. The molecule has 5 nitrogen and oxygen atoms in total. The van der Waals surface area contributed by atoms with E-state index in [1.54, 1.807) is 19.1 Å². The lowest BCUT2D eigenvalue weighted by Gasteiger charge is -2.27. The van der Waals surface area contributed by atoms with Gasteiger partial charge in [-0.25, -0.2) is 0 Å². The van der Waals surface area contributed by atoms with Crippen LogP contribution in [0.4, 0.5) is 5.69 Å². The van der Waals surface area contributed by atoms with Crippen LogP contribution in [0.15, 0.2) is 48.5 Å². The molecule has 0 aliphatic carbocycles. The van der Waals surface area contributed by atoms with Crippen molar-refractivity contribution in [2.75, 3.05) is 18.4 Å². The molecule has 1 fully saturated rings. The molecule has 0 saturated carbocycles. The van der Waals surface area contributed by atoms with Gasteiger partial charge in [0.05, 0.1) is 11.3 Å². The lowest BCUT2D eigenvalue weighted by Crippen LogP contribution is -2.36. The highest BCUT2D eigenvalue weighted by molar-refractivity contribution is 6.04. The Morgan fingerprint density at radius 2 is 1.59 bits per heavy atom. The first-order valence-electron chi connectivity index (χ1n) is 10.4. The van der Waals surface area contributed by atoms with Crippen molar-refractivity contribution in [2.24, 2.45) is 0 Å². The molecule has 0 bridgehead atoms. The second-order valence-corrected chi connectivity index (χ2v) is 7.87. The average Bonchev–Trinajstić information content (AvgIpc) is 2.74. The number of ether oxygens (including phenoxy) is 1. The van der Waals surface area contributed by atoms with Gasteiger partial charge in [-0.3, -0.25) is 9.59 Å². The van der Waals surface area contributed by atoms with Crippen LogP contribution < -0.4 is 10.1 Å². The van der Waals surface area contributed by atoms with Gasteiger partial charge in [-0.1, -0.05) is 38.1 Å². The molecule has 1 heterocycles. The van der Waals surface area contributed by atoms with Crippen LogP contribution in [0.3, 0.4) is 0 Å². The van der Waals surface area contributed by atoms with Crippen LogP contribution in [0.1, 0.15) is 61.9 Å². The quantitative estimate of drug-likeness (QED) is 0.762. The van der Waals surface area contributed by atoms with Crippen molar-refractivity contribution in [2.45, 2.75) is 52.1 Å². The third kappa shape index (κ3) is 5.37. The van der Waals surface area contributed by atoms with Gasteiger partial charge in [0, 0.05) is 13.1 Å². The number of hydrogen-bond acceptors (Lipinski definition) is 3. The van der Waals surface area contributed by atoms with Crippen LogP contribution in [-0.4, -0.2) is 35.9 Å². The summed E-state index contributed by atoms with van der Waals surface area (Å²) < 4.78 is 5.79. The Labute approximate surface area is 173 Å². The van der Waals surface area contributed by atoms with E-state index in [1.807, 2.05) is 41.3 Å². The minimum absolute atomic E-state index is 0.0292. The molecule has 1 N–H and O–H groups in total. The first-order valence-corrected chi connectivity index (χ1v) is 10.4. The summed E-state index contributed by atoms with van der Waals surface area (Å²) in [5.74, 6) is 0.781. The molecule has 2 amide bonds. The number of para-hydroxylation sites is 1. The van der Waals surface area contributed by atoms with Crippen molar-refractivity contribution in [3.05, 3.63) is 59.7 Å². The number of rotatable bonds is 6. The maximum Gasteiger partial charge on any atom is 0.265 e. The first-order chi connectivity index (χ1) is 14.0. The van der Waals surface area contributed by atoms with Crippen molar-refractivity contribution in [1.82, 2.24) is 4.90 Å². The molecule has 1 saturated heterocycles. The molecule has 2 aromatic carbocycles. The van der Waals surface area contributed by atoms with E-state index in [4.69, 9.17) is 4.74 Å². The molecular weight excluding hydrogens is 364 g/mol. The monoisotopic (exact) mass is 394 g/mol. The Morgan fingerprint density at radius 1 is 0.931 bits per heavy atom. The molecule has 154 valence electrons. The SMILES string of the molecule is CC(C)c1ccc(O[C@@H](C)C(=O)Nc2ccccc2C(=O)N2CCCCC2)cc1. The predicted molar refractivity (Wildman–Crippen MR) is 115 cm³/mol. The molecule has 5 heteroatoms. The largest absolute Gasteiger partial charge is 0.481 e. The molecule has 0 aromatic heterocycles. The molecule has 0 radical (unpaired) electrons. The van der Waals surface area contributed by atoms with Crippen molar-refractivity contribution >= 4 is 17.5 Å². The standard InChI is InChI=1S/C24H30N2O3/c1-17(2)19-11-13-20(14-12-19)29-18(3)23(27)25-22-10-6-5-9-21(22)24(28)26-15-7-4-8-16-26/h5-6,9-14,17-18H,4,7-8,15-16H2,1-3H3,(H,25,27)/t18-/m0/s1. The van der Waals surface area contributed by atoms with E-state index < -0.39 is 6.10 Å². The van der Waals surface area contributed by atoms with Gasteiger partial charge in [-0.05, 0) is 61.9 Å². The molecule has 0 spiro atoms. The van der Waals surface area contributed by atoms with E-state index in [1.165, 1.54) is 5.56 Å². The molecule has 1 atom stereocenters. The number of nitrogens with one attached hydrogen (secondary N) is 1. The summed E-state index contributed by atoms with van der Waals surface area (Å²) in [6, 6.07) is 15.0.